The third kappa shape index (κ3) is 7.16. The van der Waals surface area contributed by atoms with Gasteiger partial charge in [-0.2, -0.15) is 0 Å². The van der Waals surface area contributed by atoms with Crippen molar-refractivity contribution in [2.75, 3.05) is 13.3 Å². The number of carbonyl (C=O) groups is 3. The molecule has 52 heavy (non-hydrogen) atoms. The molecule has 3 aliphatic heterocycles. The highest BCUT2D eigenvalue weighted by molar-refractivity contribution is 7.46. The van der Waals surface area contributed by atoms with Crippen LogP contribution in [0.15, 0.2) is 34.3 Å². The number of ether oxygens (including phenoxy) is 3. The summed E-state index contributed by atoms with van der Waals surface area (Å²) in [7, 11) is -4.89. The van der Waals surface area contributed by atoms with Gasteiger partial charge < -0.3 is 43.6 Å². The monoisotopic (exact) mass is 752 g/mol. The van der Waals surface area contributed by atoms with Crippen molar-refractivity contribution in [3.8, 4) is 5.75 Å². The summed E-state index contributed by atoms with van der Waals surface area (Å²) in [6.07, 6.45) is 0.798. The van der Waals surface area contributed by atoms with Crippen LogP contribution in [0.5, 0.6) is 5.75 Å². The van der Waals surface area contributed by atoms with Gasteiger partial charge in [0.25, 0.3) is 11.8 Å². The molecular formula is C33H39F2N4O12P. The molecule has 2 amide bonds. The predicted octanol–water partition coefficient (Wildman–Crippen LogP) is 3.85. The molecule has 1 saturated heterocycles. The van der Waals surface area contributed by atoms with E-state index in [1.165, 1.54) is 10.8 Å². The lowest BCUT2D eigenvalue weighted by molar-refractivity contribution is -0.110. The van der Waals surface area contributed by atoms with Crippen LogP contribution in [0.1, 0.15) is 92.1 Å². The Morgan fingerprint density at radius 2 is 1.88 bits per heavy atom. The Hall–Kier alpha value is -4.38. The normalized spacial score (nSPS) is 26.9. The van der Waals surface area contributed by atoms with Crippen LogP contribution in [0, 0.1) is 11.6 Å². The van der Waals surface area contributed by atoms with Gasteiger partial charge in [0.2, 0.25) is 18.0 Å². The van der Waals surface area contributed by atoms with Crippen molar-refractivity contribution in [3.63, 3.8) is 0 Å². The van der Waals surface area contributed by atoms with Crippen LogP contribution in [0.4, 0.5) is 13.6 Å². The molecule has 4 aliphatic rings. The molecule has 1 saturated carbocycles. The minimum absolute atomic E-state index is 0.0518. The number of hydrogen-bond donors (Lipinski definition) is 3. The molecule has 4 heterocycles. The van der Waals surface area contributed by atoms with Gasteiger partial charge in [0.05, 0.1) is 5.71 Å². The van der Waals surface area contributed by atoms with E-state index in [1.54, 1.807) is 11.8 Å². The maximum Gasteiger partial charge on any atom is 0.511 e. The molecule has 5 atom stereocenters. The first-order valence-corrected chi connectivity index (χ1v) is 18.3. The van der Waals surface area contributed by atoms with E-state index in [0.29, 0.717) is 43.9 Å². The number of halogens is 2. The third-order valence-corrected chi connectivity index (χ3v) is 10.8. The Kier molecular flexibility index (Phi) is 10.2. The van der Waals surface area contributed by atoms with E-state index in [2.05, 4.69) is 10.5 Å². The van der Waals surface area contributed by atoms with Crippen molar-refractivity contribution in [2.45, 2.75) is 102 Å². The van der Waals surface area contributed by atoms with Gasteiger partial charge in [-0.3, -0.25) is 18.9 Å². The zero-order valence-electron chi connectivity index (χ0n) is 28.6. The average Bonchev–Trinajstić information content (AvgIpc) is 3.43. The molecule has 0 unspecified atom stereocenters. The van der Waals surface area contributed by atoms with Gasteiger partial charge in [-0.1, -0.05) is 17.6 Å². The largest absolute Gasteiger partial charge is 0.511 e. The number of phosphoric ester groups is 1. The van der Waals surface area contributed by atoms with Crippen molar-refractivity contribution >= 4 is 31.5 Å². The summed E-state index contributed by atoms with van der Waals surface area (Å²) in [5, 5.41) is 6.69. The van der Waals surface area contributed by atoms with Crippen LogP contribution in [-0.2, 0) is 35.5 Å². The van der Waals surface area contributed by atoms with Crippen LogP contribution in [0.2, 0.25) is 0 Å². The molecule has 1 aliphatic carbocycles. The first-order valence-electron chi connectivity index (χ1n) is 16.8. The fourth-order valence-electron chi connectivity index (χ4n) is 7.47. The summed E-state index contributed by atoms with van der Waals surface area (Å²) < 4.78 is 61.6. The van der Waals surface area contributed by atoms with Gasteiger partial charge in [0, 0.05) is 43.4 Å². The molecule has 16 nitrogen and oxygen atoms in total. The summed E-state index contributed by atoms with van der Waals surface area (Å²) in [5.41, 5.74) is -3.24. The summed E-state index contributed by atoms with van der Waals surface area (Å²) in [5.74, 6) is -3.89. The summed E-state index contributed by atoms with van der Waals surface area (Å²) in [6, 6.07) is 2.52. The van der Waals surface area contributed by atoms with Gasteiger partial charge in [-0.05, 0) is 58.9 Å². The van der Waals surface area contributed by atoms with E-state index < -0.39 is 90.9 Å². The molecular weight excluding hydrogens is 713 g/mol. The Bertz CT molecular complexity index is 1920. The topological polar surface area (TPSA) is 205 Å². The average molecular weight is 753 g/mol. The second-order valence-corrected chi connectivity index (χ2v) is 14.9. The lowest BCUT2D eigenvalue weighted by atomic mass is 9.74. The van der Waals surface area contributed by atoms with Crippen LogP contribution in [-0.4, -0.2) is 80.1 Å². The highest BCUT2D eigenvalue weighted by Crippen LogP contribution is 2.50. The van der Waals surface area contributed by atoms with E-state index in [9.17, 15) is 42.3 Å². The number of aromatic nitrogens is 1. The molecule has 2 fully saturated rings. The highest BCUT2D eigenvalue weighted by Gasteiger charge is 2.61. The standard InChI is InChI=1S/C33H39F2N4O12P/c1-18-13-33(51-37-18)11-10-19(2)38-16-32(33,3)39-15-22(29(41)36-14-20-8-9-21(34)12-23(20)35)27(40)28(26(39)30(38)42)47-17-48-31(43)49-24-6-4-5-7-25(24)50-52(44,45)46/h8-9,12,15,19,24-25H,4-7,10-11,13-14,16-17H2,1-3H3,(H,36,41)(H2,44,45,46)/t19-,24-,25-,32+,33-/m0/s1. The first kappa shape index (κ1) is 37.4. The van der Waals surface area contributed by atoms with Crippen molar-refractivity contribution in [1.29, 1.82) is 0 Å². The van der Waals surface area contributed by atoms with Crippen LogP contribution >= 0.6 is 7.82 Å². The number of benzene rings is 1. The van der Waals surface area contributed by atoms with Crippen molar-refractivity contribution in [1.82, 2.24) is 14.8 Å². The third-order valence-electron chi connectivity index (χ3n) is 10.3. The number of carbonyl (C=O) groups excluding carboxylic acids is 3. The molecule has 3 N–H and O–H groups in total. The second-order valence-electron chi connectivity index (χ2n) is 13.8. The molecule has 1 aromatic heterocycles. The predicted molar refractivity (Wildman–Crippen MR) is 175 cm³/mol. The minimum Gasteiger partial charge on any atom is -0.451 e. The number of pyridine rings is 1. The number of fused-ring (bicyclic) bond motifs is 5. The molecule has 0 radical (unpaired) electrons. The summed E-state index contributed by atoms with van der Waals surface area (Å²) in [4.78, 5) is 80.8. The number of nitrogens with one attached hydrogen (secondary N) is 1. The Morgan fingerprint density at radius 3 is 2.56 bits per heavy atom. The zero-order valence-corrected chi connectivity index (χ0v) is 29.5. The van der Waals surface area contributed by atoms with E-state index >= 15 is 0 Å². The lowest BCUT2D eigenvalue weighted by Crippen LogP contribution is -2.63. The van der Waals surface area contributed by atoms with Gasteiger partial charge in [0.1, 0.15) is 34.9 Å². The number of oxime groups is 1. The number of phosphoric acid groups is 1. The van der Waals surface area contributed by atoms with E-state index in [-0.39, 0.29) is 36.7 Å². The molecule has 1 aromatic carbocycles. The zero-order chi connectivity index (χ0) is 37.6. The van der Waals surface area contributed by atoms with Crippen LogP contribution < -0.4 is 15.5 Å². The van der Waals surface area contributed by atoms with Crippen molar-refractivity contribution in [3.05, 3.63) is 63.1 Å². The van der Waals surface area contributed by atoms with Crippen molar-refractivity contribution in [2.24, 2.45) is 5.16 Å². The fraction of sp³-hybridized carbons (Fsp3) is 0.545. The molecule has 19 heteroatoms. The minimum atomic E-state index is -4.89. The molecule has 6 rings (SSSR count). The van der Waals surface area contributed by atoms with E-state index in [4.69, 9.17) is 23.6 Å². The second kappa shape index (κ2) is 14.2. The summed E-state index contributed by atoms with van der Waals surface area (Å²) >= 11 is 0. The first-order chi connectivity index (χ1) is 24.5. The Balaban J connectivity index is 1.33. The quantitative estimate of drug-likeness (QED) is 0.190. The van der Waals surface area contributed by atoms with Gasteiger partial charge in [-0.25, -0.2) is 18.1 Å². The van der Waals surface area contributed by atoms with E-state index in [1.807, 2.05) is 13.8 Å². The van der Waals surface area contributed by atoms with E-state index in [0.717, 1.165) is 12.1 Å². The van der Waals surface area contributed by atoms with Gasteiger partial charge >= 0.3 is 14.0 Å². The SMILES string of the molecule is CC1=NO[C@@]2(CC[C@H](C)N3C[C@@]2(C)n2cc(C(=O)NCc4ccc(F)cc4F)c(=O)c(OCOC(=O)O[C@H]4CCCC[C@@H]4OP(=O)(O)O)c2C3=O)C1. The molecule has 2 bridgehead atoms. The number of amides is 2. The maximum atomic E-state index is 14.4. The number of rotatable bonds is 9. The maximum absolute atomic E-state index is 14.4. The molecule has 2 aromatic rings. The smallest absolute Gasteiger partial charge is 0.451 e. The van der Waals surface area contributed by atoms with Crippen LogP contribution in [0.25, 0.3) is 0 Å². The molecule has 282 valence electrons. The molecule has 1 spiro atoms. The van der Waals surface area contributed by atoms with Gasteiger partial charge in [-0.15, -0.1) is 0 Å². The van der Waals surface area contributed by atoms with Crippen LogP contribution in [0.3, 0.4) is 0 Å². The number of nitrogens with zero attached hydrogens (tertiary/aromatic N) is 3. The van der Waals surface area contributed by atoms with Gasteiger partial charge in [0.15, 0.2) is 11.3 Å². The van der Waals surface area contributed by atoms with Crippen molar-refractivity contribution < 1.29 is 61.1 Å². The number of hydrogen-bond acceptors (Lipinski definition) is 11. The highest BCUT2D eigenvalue weighted by atomic mass is 31.2. The summed E-state index contributed by atoms with van der Waals surface area (Å²) in [6.45, 7) is 4.23. The Labute approximate surface area is 296 Å². The lowest BCUT2D eigenvalue weighted by Gasteiger charge is -2.50. The fourth-order valence-corrected chi connectivity index (χ4v) is 8.06. The Morgan fingerprint density at radius 1 is 1.15 bits per heavy atom.